The molecule has 0 fully saturated rings. The predicted molar refractivity (Wildman–Crippen MR) is 47.5 cm³/mol. The molecule has 0 unspecified atom stereocenters. The number of phosphoric ester groups is 1. The quantitative estimate of drug-likeness (QED) is 0.451. The Bertz CT molecular complexity index is 176. The molecule has 0 saturated heterocycles. The van der Waals surface area contributed by atoms with Gasteiger partial charge in [0.1, 0.15) is 0 Å². The van der Waals surface area contributed by atoms with Crippen molar-refractivity contribution >= 4 is 13.8 Å². The Kier molecular flexibility index (Phi) is 16.7. The normalized spacial score (nSPS) is 9.43. The Morgan fingerprint density at radius 1 is 1.36 bits per heavy atom. The van der Waals surface area contributed by atoms with Gasteiger partial charge in [-0.25, -0.2) is 4.57 Å². The predicted octanol–water partition coefficient (Wildman–Crippen LogP) is -1.63. The summed E-state index contributed by atoms with van der Waals surface area (Å²) < 4.78 is 19.2. The minimum atomic E-state index is -3.69. The number of carboxylic acid groups (broad SMARTS) is 1. The van der Waals surface area contributed by atoms with Crippen molar-refractivity contribution in [2.45, 2.75) is 20.8 Å². The number of phosphoric acid groups is 1. The third-order valence-corrected chi connectivity index (χ3v) is 1.75. The van der Waals surface area contributed by atoms with Gasteiger partial charge in [0.25, 0.3) is 5.97 Å². The number of carbonyl (C=O) groups is 1. The largest absolute Gasteiger partial charge is 1.00 e. The molecule has 0 amide bonds. The fraction of sp³-hybridized carbons (Fsp3) is 0.833. The Balaban J connectivity index is -0.0000000883. The topological polar surface area (TPSA) is 93.1 Å². The summed E-state index contributed by atoms with van der Waals surface area (Å²) >= 11 is 0. The van der Waals surface area contributed by atoms with Crippen LogP contribution in [0.2, 0.25) is 0 Å². The first-order valence-corrected chi connectivity index (χ1v) is 5.16. The summed E-state index contributed by atoms with van der Waals surface area (Å²) in [5, 5.41) is 7.42. The smallest absolute Gasteiger partial charge is 1.00 e. The van der Waals surface area contributed by atoms with Crippen molar-refractivity contribution in [3.05, 3.63) is 0 Å². The van der Waals surface area contributed by atoms with Crippen molar-refractivity contribution < 1.29 is 59.4 Å². The Hall–Kier alpha value is 0.580. The Labute approximate surface area is 107 Å². The van der Waals surface area contributed by atoms with Crippen LogP contribution < -0.4 is 29.6 Å². The molecule has 0 aromatic carbocycles. The molecule has 0 heterocycles. The minimum Gasteiger partial charge on any atom is -1.00 e. The van der Waals surface area contributed by atoms with E-state index in [1.54, 1.807) is 13.8 Å². The van der Waals surface area contributed by atoms with Crippen molar-refractivity contribution in [3.63, 3.8) is 0 Å². The van der Waals surface area contributed by atoms with Crippen LogP contribution in [0, 0.1) is 0 Å². The van der Waals surface area contributed by atoms with Gasteiger partial charge < -0.3 is 11.4 Å². The zero-order valence-electron chi connectivity index (χ0n) is 9.89. The molecule has 6 nitrogen and oxygen atoms in total. The van der Waals surface area contributed by atoms with E-state index in [0.29, 0.717) is 0 Å². The second kappa shape index (κ2) is 11.7. The third-order valence-electron chi connectivity index (χ3n) is 0.584. The van der Waals surface area contributed by atoms with Gasteiger partial charge in [0.15, 0.2) is 0 Å². The summed E-state index contributed by atoms with van der Waals surface area (Å²) in [4.78, 5) is 17.6. The van der Waals surface area contributed by atoms with Gasteiger partial charge in [-0.05, 0) is 13.8 Å². The Morgan fingerprint density at radius 2 is 1.57 bits per heavy atom. The molecular formula is C6H16NaO6P. The summed E-state index contributed by atoms with van der Waals surface area (Å²) in [5.74, 6) is -0.833. The molecule has 0 aromatic heterocycles. The minimum absolute atomic E-state index is 0. The van der Waals surface area contributed by atoms with Gasteiger partial charge in [-0.15, -0.1) is 0 Å². The van der Waals surface area contributed by atoms with E-state index >= 15 is 0 Å². The molecule has 0 aliphatic carbocycles. The maximum atomic E-state index is 10.5. The number of aliphatic carboxylic acids is 1. The number of hydrogen-bond acceptors (Lipinski definition) is 4. The van der Waals surface area contributed by atoms with Gasteiger partial charge in [0.05, 0.1) is 13.2 Å². The fourth-order valence-electron chi connectivity index (χ4n) is 0.364. The molecular weight excluding hydrogens is 222 g/mol. The first-order chi connectivity index (χ1) is 5.85. The monoisotopic (exact) mass is 238 g/mol. The van der Waals surface area contributed by atoms with Crippen LogP contribution in [0.3, 0.4) is 0 Å². The van der Waals surface area contributed by atoms with Crippen LogP contribution in [0.5, 0.6) is 0 Å². The van der Waals surface area contributed by atoms with Gasteiger partial charge in [-0.2, -0.15) is 0 Å². The molecule has 0 rings (SSSR count). The molecule has 0 aliphatic heterocycles. The first kappa shape index (κ1) is 20.1. The van der Waals surface area contributed by atoms with Crippen LogP contribution in [0.1, 0.15) is 22.2 Å². The van der Waals surface area contributed by atoms with Gasteiger partial charge >= 0.3 is 37.4 Å². The summed E-state index contributed by atoms with van der Waals surface area (Å²) in [7, 11) is -3.69. The van der Waals surface area contributed by atoms with E-state index in [0.717, 1.165) is 6.92 Å². The molecule has 2 N–H and O–H groups in total. The maximum absolute atomic E-state index is 10.5. The zero-order valence-corrected chi connectivity index (χ0v) is 11.8. The van der Waals surface area contributed by atoms with E-state index in [-0.39, 0.29) is 44.2 Å². The van der Waals surface area contributed by atoms with Crippen LogP contribution in [-0.2, 0) is 18.4 Å². The van der Waals surface area contributed by atoms with Crippen molar-refractivity contribution in [3.8, 4) is 0 Å². The third kappa shape index (κ3) is 22.9. The van der Waals surface area contributed by atoms with E-state index in [1.165, 1.54) is 0 Å². The average Bonchev–Trinajstić information content (AvgIpc) is 1.84. The Morgan fingerprint density at radius 3 is 1.71 bits per heavy atom. The molecule has 8 heteroatoms. The number of carboxylic acids is 1. The first-order valence-electron chi connectivity index (χ1n) is 3.67. The standard InChI is InChI=1S/C4H11O4P.C2H4O2.Na.H/c1-3-7-9(5,6)8-4-2;1-2(3)4;;/h3-4H2,1-2H3,(H,5,6);1H3,(H,3,4);;/q;;+1;-1. The molecule has 0 bridgehead atoms. The van der Waals surface area contributed by atoms with Crippen LogP contribution in [0.15, 0.2) is 0 Å². The van der Waals surface area contributed by atoms with Gasteiger partial charge in [0.2, 0.25) is 0 Å². The van der Waals surface area contributed by atoms with Crippen molar-refractivity contribution in [1.29, 1.82) is 0 Å². The summed E-state index contributed by atoms with van der Waals surface area (Å²) in [5.41, 5.74) is 0. The fourth-order valence-corrected chi connectivity index (χ4v) is 1.09. The molecule has 0 aliphatic rings. The van der Waals surface area contributed by atoms with E-state index in [9.17, 15) is 4.57 Å². The molecule has 0 spiro atoms. The number of rotatable bonds is 4. The zero-order chi connectivity index (χ0) is 10.9. The second-order valence-electron chi connectivity index (χ2n) is 1.82. The van der Waals surface area contributed by atoms with Crippen LogP contribution in [0.4, 0.5) is 0 Å². The summed E-state index contributed by atoms with van der Waals surface area (Å²) in [6.45, 7) is 4.71. The SMILES string of the molecule is CC(=O)O.CCOP(=O)(O)OCC.[H-].[Na+]. The second-order valence-corrected chi connectivity index (χ2v) is 3.28. The van der Waals surface area contributed by atoms with E-state index in [2.05, 4.69) is 9.05 Å². The van der Waals surface area contributed by atoms with E-state index in [1.807, 2.05) is 0 Å². The molecule has 0 atom stereocenters. The van der Waals surface area contributed by atoms with Gasteiger partial charge in [-0.1, -0.05) is 0 Å². The molecule has 0 radical (unpaired) electrons. The van der Waals surface area contributed by atoms with Crippen molar-refractivity contribution in [2.75, 3.05) is 13.2 Å². The summed E-state index contributed by atoms with van der Waals surface area (Å²) in [6.07, 6.45) is 0. The average molecular weight is 238 g/mol. The van der Waals surface area contributed by atoms with Crippen LogP contribution in [0.25, 0.3) is 0 Å². The van der Waals surface area contributed by atoms with Crippen LogP contribution in [-0.4, -0.2) is 29.2 Å². The maximum Gasteiger partial charge on any atom is 1.00 e. The molecule has 82 valence electrons. The van der Waals surface area contributed by atoms with E-state index in [4.69, 9.17) is 14.8 Å². The van der Waals surface area contributed by atoms with Gasteiger partial charge in [-0.3, -0.25) is 13.8 Å². The molecule has 0 saturated carbocycles. The van der Waals surface area contributed by atoms with Crippen molar-refractivity contribution in [1.82, 2.24) is 0 Å². The molecule has 0 aromatic rings. The van der Waals surface area contributed by atoms with E-state index < -0.39 is 13.8 Å². The van der Waals surface area contributed by atoms with Crippen LogP contribution >= 0.6 is 7.82 Å². The van der Waals surface area contributed by atoms with Crippen molar-refractivity contribution in [2.24, 2.45) is 0 Å². The molecule has 14 heavy (non-hydrogen) atoms. The summed E-state index contributed by atoms with van der Waals surface area (Å²) in [6, 6.07) is 0. The number of hydrogen-bond donors (Lipinski definition) is 2. The van der Waals surface area contributed by atoms with Gasteiger partial charge in [0, 0.05) is 6.92 Å².